The average Bonchev–Trinajstić information content (AvgIpc) is 2.46. The predicted octanol–water partition coefficient (Wildman–Crippen LogP) is 1.58. The topological polar surface area (TPSA) is 44.7 Å². The van der Waals surface area contributed by atoms with E-state index in [9.17, 15) is 9.50 Å². The minimum atomic E-state index is -0.302. The molecule has 1 aliphatic heterocycles. The monoisotopic (exact) mass is 304 g/mol. The lowest BCUT2D eigenvalue weighted by molar-refractivity contribution is 0.139. The summed E-state index contributed by atoms with van der Waals surface area (Å²) in [5.41, 5.74) is 0.944. The van der Waals surface area contributed by atoms with E-state index in [-0.39, 0.29) is 30.9 Å². The molecule has 0 bridgehead atoms. The van der Waals surface area contributed by atoms with E-state index in [2.05, 4.69) is 10.2 Å². The zero-order chi connectivity index (χ0) is 13.7. The van der Waals surface area contributed by atoms with Crippen LogP contribution in [0.4, 0.5) is 4.39 Å². The number of hydrogen-bond acceptors (Lipinski definition) is 4. The summed E-state index contributed by atoms with van der Waals surface area (Å²) in [6.07, 6.45) is 0.627. The van der Waals surface area contributed by atoms with E-state index in [1.807, 2.05) is 0 Å². The summed E-state index contributed by atoms with van der Waals surface area (Å²) in [6, 6.07) is 4.69. The van der Waals surface area contributed by atoms with Crippen molar-refractivity contribution >= 4 is 12.4 Å². The molecule has 2 rings (SSSR count). The standard InChI is InChI=1S/C14H21FN2O2.ClH/c1-19-14-10-11(15)2-3-12(14)13(4-9-18)17-7-5-16-6-8-17;/h2-3,10,13,16,18H,4-9H2,1H3;1H/t13-;/m0./s1. The molecule has 0 unspecified atom stereocenters. The normalized spacial score (nSPS) is 17.4. The molecule has 1 aromatic carbocycles. The molecule has 0 spiro atoms. The molecule has 4 nitrogen and oxygen atoms in total. The first kappa shape index (κ1) is 17.2. The molecule has 0 aromatic heterocycles. The molecule has 1 heterocycles. The van der Waals surface area contributed by atoms with E-state index in [1.54, 1.807) is 13.2 Å². The van der Waals surface area contributed by atoms with Gasteiger partial charge >= 0.3 is 0 Å². The van der Waals surface area contributed by atoms with Gasteiger partial charge < -0.3 is 15.2 Å². The van der Waals surface area contributed by atoms with Crippen LogP contribution in [-0.2, 0) is 0 Å². The Morgan fingerprint density at radius 2 is 2.10 bits per heavy atom. The molecule has 1 saturated heterocycles. The van der Waals surface area contributed by atoms with Gasteiger partial charge in [-0.05, 0) is 12.5 Å². The molecule has 1 aromatic rings. The second-order valence-electron chi connectivity index (χ2n) is 4.70. The molecule has 20 heavy (non-hydrogen) atoms. The van der Waals surface area contributed by atoms with Crippen molar-refractivity contribution in [3.05, 3.63) is 29.6 Å². The summed E-state index contributed by atoms with van der Waals surface area (Å²) in [7, 11) is 1.55. The first-order valence-corrected chi connectivity index (χ1v) is 6.65. The molecule has 114 valence electrons. The smallest absolute Gasteiger partial charge is 0.126 e. The van der Waals surface area contributed by atoms with Crippen LogP contribution in [-0.4, -0.2) is 49.9 Å². The maximum atomic E-state index is 13.3. The lowest BCUT2D eigenvalue weighted by Crippen LogP contribution is -2.45. The van der Waals surface area contributed by atoms with E-state index in [0.29, 0.717) is 12.2 Å². The Bertz CT molecular complexity index is 414. The maximum Gasteiger partial charge on any atom is 0.126 e. The molecule has 0 amide bonds. The highest BCUT2D eigenvalue weighted by Gasteiger charge is 2.24. The van der Waals surface area contributed by atoms with Crippen LogP contribution in [0.3, 0.4) is 0 Å². The van der Waals surface area contributed by atoms with E-state index in [1.165, 1.54) is 12.1 Å². The van der Waals surface area contributed by atoms with Gasteiger partial charge in [-0.25, -0.2) is 4.39 Å². The van der Waals surface area contributed by atoms with Crippen molar-refractivity contribution in [2.24, 2.45) is 0 Å². The van der Waals surface area contributed by atoms with Crippen molar-refractivity contribution in [1.82, 2.24) is 10.2 Å². The van der Waals surface area contributed by atoms with Crippen molar-refractivity contribution in [1.29, 1.82) is 0 Å². The number of piperazine rings is 1. The first-order chi connectivity index (χ1) is 9.26. The Labute approximate surface area is 125 Å². The fraction of sp³-hybridized carbons (Fsp3) is 0.571. The van der Waals surface area contributed by atoms with Crippen LogP contribution in [0.15, 0.2) is 18.2 Å². The summed E-state index contributed by atoms with van der Waals surface area (Å²) in [6.45, 7) is 3.82. The van der Waals surface area contributed by atoms with Crippen LogP contribution in [0.25, 0.3) is 0 Å². The molecular weight excluding hydrogens is 283 g/mol. The molecule has 1 fully saturated rings. The Balaban J connectivity index is 0.00000200. The molecule has 0 saturated carbocycles. The van der Waals surface area contributed by atoms with Gasteiger partial charge in [-0.2, -0.15) is 0 Å². The van der Waals surface area contributed by atoms with Crippen molar-refractivity contribution in [3.63, 3.8) is 0 Å². The first-order valence-electron chi connectivity index (χ1n) is 6.65. The highest BCUT2D eigenvalue weighted by Crippen LogP contribution is 2.32. The molecule has 2 N–H and O–H groups in total. The molecule has 0 aliphatic carbocycles. The van der Waals surface area contributed by atoms with Gasteiger partial charge in [0.25, 0.3) is 0 Å². The molecule has 1 aliphatic rings. The van der Waals surface area contributed by atoms with Crippen molar-refractivity contribution in [2.45, 2.75) is 12.5 Å². The van der Waals surface area contributed by atoms with Gasteiger partial charge in [0.1, 0.15) is 11.6 Å². The van der Waals surface area contributed by atoms with E-state index < -0.39 is 0 Å². The number of methoxy groups -OCH3 is 1. The third kappa shape index (κ3) is 4.06. The van der Waals surface area contributed by atoms with Crippen molar-refractivity contribution in [3.8, 4) is 5.75 Å². The number of aliphatic hydroxyl groups excluding tert-OH is 1. The summed E-state index contributed by atoms with van der Waals surface area (Å²) < 4.78 is 18.6. The van der Waals surface area contributed by atoms with Crippen LogP contribution < -0.4 is 10.1 Å². The van der Waals surface area contributed by atoms with Crippen LogP contribution in [0.1, 0.15) is 18.0 Å². The highest BCUT2D eigenvalue weighted by molar-refractivity contribution is 5.85. The molecule has 0 radical (unpaired) electrons. The quantitative estimate of drug-likeness (QED) is 0.867. The number of hydrogen-bond donors (Lipinski definition) is 2. The van der Waals surface area contributed by atoms with Crippen LogP contribution in [0.2, 0.25) is 0 Å². The summed E-state index contributed by atoms with van der Waals surface area (Å²) in [4.78, 5) is 2.31. The van der Waals surface area contributed by atoms with Crippen LogP contribution in [0, 0.1) is 5.82 Å². The Morgan fingerprint density at radius 3 is 2.70 bits per heavy atom. The summed E-state index contributed by atoms with van der Waals surface area (Å²) >= 11 is 0. The Kier molecular flexibility index (Phi) is 7.23. The van der Waals surface area contributed by atoms with Gasteiger partial charge in [-0.15, -0.1) is 12.4 Å². The number of aliphatic hydroxyl groups is 1. The Hall–Kier alpha value is -0.880. The minimum Gasteiger partial charge on any atom is -0.496 e. The van der Waals surface area contributed by atoms with Gasteiger partial charge in [0.15, 0.2) is 0 Å². The van der Waals surface area contributed by atoms with E-state index >= 15 is 0 Å². The van der Waals surface area contributed by atoms with Gasteiger partial charge in [0, 0.05) is 50.5 Å². The summed E-state index contributed by atoms with van der Waals surface area (Å²) in [5, 5.41) is 12.6. The van der Waals surface area contributed by atoms with E-state index in [0.717, 1.165) is 31.7 Å². The second kappa shape index (κ2) is 8.42. The van der Waals surface area contributed by atoms with E-state index in [4.69, 9.17) is 4.74 Å². The Morgan fingerprint density at radius 1 is 1.40 bits per heavy atom. The molecular formula is C14H22ClFN2O2. The third-order valence-corrected chi connectivity index (χ3v) is 3.55. The number of halogens is 2. The molecule has 1 atom stereocenters. The van der Waals surface area contributed by atoms with Gasteiger partial charge in [-0.1, -0.05) is 6.07 Å². The SMILES string of the molecule is COc1cc(F)ccc1[C@H](CCO)N1CCNCC1.Cl. The maximum absolute atomic E-state index is 13.3. The minimum absolute atomic E-state index is 0. The third-order valence-electron chi connectivity index (χ3n) is 3.55. The summed E-state index contributed by atoms with van der Waals surface area (Å²) in [5.74, 6) is 0.251. The number of rotatable bonds is 5. The van der Waals surface area contributed by atoms with Crippen LogP contribution >= 0.6 is 12.4 Å². The fourth-order valence-corrected chi connectivity index (χ4v) is 2.61. The lowest BCUT2D eigenvalue weighted by atomic mass is 10.00. The second-order valence-corrected chi connectivity index (χ2v) is 4.70. The largest absolute Gasteiger partial charge is 0.496 e. The number of nitrogens with zero attached hydrogens (tertiary/aromatic N) is 1. The number of ether oxygens (including phenoxy) is 1. The zero-order valence-electron chi connectivity index (χ0n) is 11.6. The fourth-order valence-electron chi connectivity index (χ4n) is 2.61. The van der Waals surface area contributed by atoms with Gasteiger partial charge in [0.05, 0.1) is 7.11 Å². The average molecular weight is 305 g/mol. The lowest BCUT2D eigenvalue weighted by Gasteiger charge is -2.35. The highest BCUT2D eigenvalue weighted by atomic mass is 35.5. The van der Waals surface area contributed by atoms with Gasteiger partial charge in [0.2, 0.25) is 0 Å². The van der Waals surface area contributed by atoms with Gasteiger partial charge in [-0.3, -0.25) is 4.90 Å². The van der Waals surface area contributed by atoms with Crippen LogP contribution in [0.5, 0.6) is 5.75 Å². The number of benzene rings is 1. The number of nitrogens with one attached hydrogen (secondary N) is 1. The van der Waals surface area contributed by atoms with Crippen molar-refractivity contribution in [2.75, 3.05) is 39.9 Å². The molecule has 6 heteroatoms. The zero-order valence-corrected chi connectivity index (χ0v) is 12.5. The predicted molar refractivity (Wildman–Crippen MR) is 79.1 cm³/mol. The van der Waals surface area contributed by atoms with Crippen molar-refractivity contribution < 1.29 is 14.2 Å².